The van der Waals surface area contributed by atoms with Crippen LogP contribution in [0.15, 0.2) is 200 Å². The summed E-state index contributed by atoms with van der Waals surface area (Å²) in [7, 11) is 0. The average molecular weight is 639 g/mol. The highest BCUT2D eigenvalue weighted by Gasteiger charge is 2.20. The zero-order valence-corrected chi connectivity index (χ0v) is 27.5. The Morgan fingerprint density at radius 3 is 1.46 bits per heavy atom. The molecule has 9 aromatic carbocycles. The van der Waals surface area contributed by atoms with E-state index in [9.17, 15) is 0 Å². The van der Waals surface area contributed by atoms with Gasteiger partial charge in [0.15, 0.2) is 0 Å². The Morgan fingerprint density at radius 2 is 0.800 bits per heavy atom. The smallest absolute Gasteiger partial charge is 0.0468 e. The molecule has 9 rings (SSSR count). The second-order valence-corrected chi connectivity index (χ2v) is 12.7. The quantitative estimate of drug-likeness (QED) is 0.175. The summed E-state index contributed by atoms with van der Waals surface area (Å²) in [6.45, 7) is 0. The first-order valence-corrected chi connectivity index (χ1v) is 17.1. The number of anilines is 5. The van der Waals surface area contributed by atoms with Crippen LogP contribution in [-0.4, -0.2) is 0 Å². The molecule has 9 aromatic rings. The van der Waals surface area contributed by atoms with Gasteiger partial charge < -0.3 is 10.2 Å². The fraction of sp³-hybridized carbons (Fsp3) is 0. The number of rotatable bonds is 7. The van der Waals surface area contributed by atoms with E-state index in [0.717, 1.165) is 28.4 Å². The molecular formula is C48H34N2. The molecule has 0 saturated carbocycles. The van der Waals surface area contributed by atoms with Crippen molar-refractivity contribution in [1.29, 1.82) is 0 Å². The second kappa shape index (κ2) is 12.8. The molecule has 0 spiro atoms. The SMILES string of the molecule is c1ccc(Nc2ccc3c(-c4ccccc4)c4cc(N(c5ccccc5)c5ccc6ccccc6c5)ccc4c(-c4ccccc4)c3c2)cc1. The van der Waals surface area contributed by atoms with E-state index in [-0.39, 0.29) is 0 Å². The van der Waals surface area contributed by atoms with E-state index in [1.165, 1.54) is 54.6 Å². The van der Waals surface area contributed by atoms with Crippen LogP contribution >= 0.6 is 0 Å². The maximum atomic E-state index is 3.65. The van der Waals surface area contributed by atoms with Gasteiger partial charge in [0, 0.05) is 28.4 Å². The van der Waals surface area contributed by atoms with Gasteiger partial charge in [-0.2, -0.15) is 0 Å². The predicted octanol–water partition coefficient (Wildman–Crippen LogP) is 13.7. The van der Waals surface area contributed by atoms with Crippen molar-refractivity contribution in [2.24, 2.45) is 0 Å². The standard InChI is InChI=1S/C48H34N2/c1-5-16-35(17-6-1)47-44-30-28-42(50(40-23-11-4-12-24-40)41-27-25-34-15-13-14-20-37(34)31-41)33-46(44)48(36-18-7-2-8-19-36)43-29-26-39(32-45(43)47)49-38-21-9-3-10-22-38/h1-33,49H. The molecular weight excluding hydrogens is 605 g/mol. The number of para-hydroxylation sites is 2. The largest absolute Gasteiger partial charge is 0.356 e. The van der Waals surface area contributed by atoms with Crippen molar-refractivity contribution in [2.75, 3.05) is 10.2 Å². The van der Waals surface area contributed by atoms with Gasteiger partial charge >= 0.3 is 0 Å². The molecule has 2 nitrogen and oxygen atoms in total. The highest BCUT2D eigenvalue weighted by Crippen LogP contribution is 2.47. The molecule has 0 radical (unpaired) electrons. The Bertz CT molecular complexity index is 2600. The Kier molecular flexibility index (Phi) is 7.53. The lowest BCUT2D eigenvalue weighted by Gasteiger charge is -2.27. The molecule has 0 bridgehead atoms. The highest BCUT2D eigenvalue weighted by molar-refractivity contribution is 6.22. The number of fused-ring (bicyclic) bond motifs is 3. The van der Waals surface area contributed by atoms with Gasteiger partial charge in [-0.25, -0.2) is 0 Å². The molecule has 2 heteroatoms. The second-order valence-electron chi connectivity index (χ2n) is 12.7. The van der Waals surface area contributed by atoms with Gasteiger partial charge in [0.25, 0.3) is 0 Å². The summed E-state index contributed by atoms with van der Waals surface area (Å²) in [5.41, 5.74) is 10.3. The summed E-state index contributed by atoms with van der Waals surface area (Å²) in [6, 6.07) is 71.8. The van der Waals surface area contributed by atoms with Crippen LogP contribution < -0.4 is 10.2 Å². The number of nitrogens with one attached hydrogen (secondary N) is 1. The lowest BCUT2D eigenvalue weighted by Crippen LogP contribution is -2.10. The van der Waals surface area contributed by atoms with E-state index in [1.807, 2.05) is 6.07 Å². The topological polar surface area (TPSA) is 15.3 Å². The molecule has 0 fully saturated rings. The van der Waals surface area contributed by atoms with Crippen LogP contribution in [0.25, 0.3) is 54.6 Å². The maximum absolute atomic E-state index is 3.65. The molecule has 1 N–H and O–H groups in total. The first kappa shape index (κ1) is 29.5. The summed E-state index contributed by atoms with van der Waals surface area (Å²) in [5, 5.41) is 11.0. The number of benzene rings is 9. The Hall–Kier alpha value is -6.64. The molecule has 0 atom stereocenters. The maximum Gasteiger partial charge on any atom is 0.0468 e. The van der Waals surface area contributed by atoms with Crippen molar-refractivity contribution in [3.63, 3.8) is 0 Å². The first-order valence-electron chi connectivity index (χ1n) is 17.1. The third-order valence-corrected chi connectivity index (χ3v) is 9.55. The molecule has 0 aromatic heterocycles. The molecule has 0 unspecified atom stereocenters. The van der Waals surface area contributed by atoms with Crippen molar-refractivity contribution in [1.82, 2.24) is 0 Å². The summed E-state index contributed by atoms with van der Waals surface area (Å²) >= 11 is 0. The zero-order valence-electron chi connectivity index (χ0n) is 27.5. The minimum Gasteiger partial charge on any atom is -0.356 e. The lowest BCUT2D eigenvalue weighted by molar-refractivity contribution is 1.29. The third-order valence-electron chi connectivity index (χ3n) is 9.55. The average Bonchev–Trinajstić information content (AvgIpc) is 3.18. The van der Waals surface area contributed by atoms with Gasteiger partial charge in [-0.1, -0.05) is 140 Å². The van der Waals surface area contributed by atoms with Crippen LogP contribution in [0, 0.1) is 0 Å². The monoisotopic (exact) mass is 638 g/mol. The summed E-state index contributed by atoms with van der Waals surface area (Å²) < 4.78 is 0. The number of hydrogen-bond acceptors (Lipinski definition) is 2. The molecule has 0 amide bonds. The van der Waals surface area contributed by atoms with Crippen molar-refractivity contribution >= 4 is 60.8 Å². The molecule has 236 valence electrons. The lowest BCUT2D eigenvalue weighted by atomic mass is 9.85. The summed E-state index contributed by atoms with van der Waals surface area (Å²) in [6.07, 6.45) is 0. The van der Waals surface area contributed by atoms with Gasteiger partial charge in [-0.3, -0.25) is 0 Å². The highest BCUT2D eigenvalue weighted by atomic mass is 15.1. The summed E-state index contributed by atoms with van der Waals surface area (Å²) in [4.78, 5) is 2.37. The molecule has 0 aliphatic heterocycles. The molecule has 0 heterocycles. The minimum atomic E-state index is 1.06. The van der Waals surface area contributed by atoms with Gasteiger partial charge in [0.05, 0.1) is 0 Å². The van der Waals surface area contributed by atoms with Gasteiger partial charge in [-0.05, 0) is 115 Å². The summed E-state index contributed by atoms with van der Waals surface area (Å²) in [5.74, 6) is 0. The van der Waals surface area contributed by atoms with Crippen molar-refractivity contribution in [3.05, 3.63) is 200 Å². The van der Waals surface area contributed by atoms with Crippen molar-refractivity contribution < 1.29 is 0 Å². The predicted molar refractivity (Wildman–Crippen MR) is 214 cm³/mol. The van der Waals surface area contributed by atoms with Gasteiger partial charge in [0.2, 0.25) is 0 Å². The molecule has 0 aliphatic rings. The van der Waals surface area contributed by atoms with Crippen LogP contribution in [0.1, 0.15) is 0 Å². The Labute approximate surface area is 292 Å². The Balaban J connectivity index is 1.34. The number of nitrogens with zero attached hydrogens (tertiary/aromatic N) is 1. The van der Waals surface area contributed by atoms with Crippen molar-refractivity contribution in [3.8, 4) is 22.3 Å². The van der Waals surface area contributed by atoms with E-state index in [2.05, 4.69) is 204 Å². The minimum absolute atomic E-state index is 1.06. The van der Waals surface area contributed by atoms with Gasteiger partial charge in [-0.15, -0.1) is 0 Å². The normalized spacial score (nSPS) is 11.2. The van der Waals surface area contributed by atoms with Crippen LogP contribution in [0.3, 0.4) is 0 Å². The number of hydrogen-bond donors (Lipinski definition) is 1. The Morgan fingerprint density at radius 1 is 0.300 bits per heavy atom. The van der Waals surface area contributed by atoms with E-state index < -0.39 is 0 Å². The molecule has 0 saturated heterocycles. The van der Waals surface area contributed by atoms with E-state index >= 15 is 0 Å². The van der Waals surface area contributed by atoms with Gasteiger partial charge in [0.1, 0.15) is 0 Å². The van der Waals surface area contributed by atoms with E-state index in [4.69, 9.17) is 0 Å². The van der Waals surface area contributed by atoms with Crippen LogP contribution in [0.5, 0.6) is 0 Å². The first-order chi connectivity index (χ1) is 24.8. The van der Waals surface area contributed by atoms with Crippen LogP contribution in [0.4, 0.5) is 28.4 Å². The zero-order chi connectivity index (χ0) is 33.3. The van der Waals surface area contributed by atoms with E-state index in [0.29, 0.717) is 0 Å². The van der Waals surface area contributed by atoms with E-state index in [1.54, 1.807) is 0 Å². The van der Waals surface area contributed by atoms with Crippen LogP contribution in [-0.2, 0) is 0 Å². The molecule has 50 heavy (non-hydrogen) atoms. The van der Waals surface area contributed by atoms with Crippen LogP contribution in [0.2, 0.25) is 0 Å². The van der Waals surface area contributed by atoms with Crippen molar-refractivity contribution in [2.45, 2.75) is 0 Å². The fourth-order valence-corrected chi connectivity index (χ4v) is 7.29. The fourth-order valence-electron chi connectivity index (χ4n) is 7.29. The molecule has 0 aliphatic carbocycles. The third kappa shape index (κ3) is 5.43.